The minimum Gasteiger partial charge on any atom is -0.497 e. The Morgan fingerprint density at radius 2 is 1.74 bits per heavy atom. The highest BCUT2D eigenvalue weighted by molar-refractivity contribution is 7.89. The van der Waals surface area contributed by atoms with Crippen LogP contribution in [0.25, 0.3) is 0 Å². The summed E-state index contributed by atoms with van der Waals surface area (Å²) in [6, 6.07) is 9.64. The quantitative estimate of drug-likeness (QED) is 0.547. The Bertz CT molecular complexity index is 1040. The first kappa shape index (κ1) is 24.6. The third kappa shape index (κ3) is 6.95. The van der Waals surface area contributed by atoms with Gasteiger partial charge in [0.05, 0.1) is 22.7 Å². The molecule has 2 aromatic carbocycles. The lowest BCUT2D eigenvalue weighted by Gasteiger charge is -2.21. The SMILES string of the molecule is COc1ccc(S(=O)(=O)N[C@H](C(=O)OCC(=O)Nc2ccc(C)cc2Cl)C(C)C)cc1. The Balaban J connectivity index is 2.01. The second kappa shape index (κ2) is 10.6. The van der Waals surface area contributed by atoms with E-state index in [1.54, 1.807) is 32.0 Å². The third-order valence-electron chi connectivity index (χ3n) is 4.32. The molecule has 31 heavy (non-hydrogen) atoms. The predicted molar refractivity (Wildman–Crippen MR) is 118 cm³/mol. The monoisotopic (exact) mass is 468 g/mol. The average molecular weight is 469 g/mol. The molecule has 0 bridgehead atoms. The Morgan fingerprint density at radius 1 is 1.10 bits per heavy atom. The summed E-state index contributed by atoms with van der Waals surface area (Å²) in [5, 5.41) is 2.90. The average Bonchev–Trinajstić information content (AvgIpc) is 2.72. The van der Waals surface area contributed by atoms with Gasteiger partial charge in [-0.05, 0) is 54.8 Å². The predicted octanol–water partition coefficient (Wildman–Crippen LogP) is 3.14. The second-order valence-corrected chi connectivity index (χ2v) is 9.28. The third-order valence-corrected chi connectivity index (χ3v) is 6.09. The van der Waals surface area contributed by atoms with Crippen molar-refractivity contribution in [1.29, 1.82) is 0 Å². The molecule has 0 heterocycles. The van der Waals surface area contributed by atoms with Crippen molar-refractivity contribution in [3.63, 3.8) is 0 Å². The molecule has 0 saturated heterocycles. The first-order valence-electron chi connectivity index (χ1n) is 9.42. The minimum absolute atomic E-state index is 0.0292. The van der Waals surface area contributed by atoms with E-state index in [1.807, 2.05) is 6.92 Å². The van der Waals surface area contributed by atoms with Crippen LogP contribution in [-0.2, 0) is 24.3 Å². The number of benzene rings is 2. The number of methoxy groups -OCH3 is 1. The van der Waals surface area contributed by atoms with Gasteiger partial charge >= 0.3 is 5.97 Å². The molecule has 2 rings (SSSR count). The lowest BCUT2D eigenvalue weighted by molar-refractivity contribution is -0.150. The first-order valence-corrected chi connectivity index (χ1v) is 11.3. The summed E-state index contributed by atoms with van der Waals surface area (Å²) in [7, 11) is -2.53. The number of hydrogen-bond acceptors (Lipinski definition) is 6. The fraction of sp³-hybridized carbons (Fsp3) is 0.333. The van der Waals surface area contributed by atoms with Gasteiger partial charge in [0.1, 0.15) is 11.8 Å². The maximum Gasteiger partial charge on any atom is 0.324 e. The minimum atomic E-state index is -4.00. The van der Waals surface area contributed by atoms with Gasteiger partial charge in [-0.1, -0.05) is 31.5 Å². The molecule has 8 nitrogen and oxygen atoms in total. The van der Waals surface area contributed by atoms with Gasteiger partial charge < -0.3 is 14.8 Å². The molecule has 1 atom stereocenters. The molecule has 168 valence electrons. The highest BCUT2D eigenvalue weighted by Crippen LogP contribution is 2.22. The molecule has 0 aromatic heterocycles. The number of amides is 1. The number of hydrogen-bond donors (Lipinski definition) is 2. The molecule has 10 heteroatoms. The molecule has 0 radical (unpaired) electrons. The van der Waals surface area contributed by atoms with Gasteiger partial charge in [0.25, 0.3) is 5.91 Å². The van der Waals surface area contributed by atoms with Crippen LogP contribution in [0.4, 0.5) is 5.69 Å². The van der Waals surface area contributed by atoms with Crippen LogP contribution in [0.15, 0.2) is 47.4 Å². The number of rotatable bonds is 9. The van der Waals surface area contributed by atoms with Crippen LogP contribution in [0.1, 0.15) is 19.4 Å². The zero-order chi connectivity index (χ0) is 23.2. The van der Waals surface area contributed by atoms with Crippen LogP contribution < -0.4 is 14.8 Å². The second-order valence-electron chi connectivity index (χ2n) is 7.16. The normalized spacial score (nSPS) is 12.3. The van der Waals surface area contributed by atoms with Crippen LogP contribution in [-0.4, -0.2) is 40.1 Å². The summed E-state index contributed by atoms with van der Waals surface area (Å²) in [4.78, 5) is 24.6. The smallest absolute Gasteiger partial charge is 0.324 e. The van der Waals surface area contributed by atoms with Gasteiger partial charge in [-0.3, -0.25) is 9.59 Å². The molecule has 0 fully saturated rings. The van der Waals surface area contributed by atoms with Gasteiger partial charge in [-0.15, -0.1) is 0 Å². The van der Waals surface area contributed by atoms with Crippen molar-refractivity contribution in [1.82, 2.24) is 4.72 Å². The van der Waals surface area contributed by atoms with E-state index in [0.717, 1.165) is 5.56 Å². The summed E-state index contributed by atoms with van der Waals surface area (Å²) in [5.41, 5.74) is 1.31. The standard InChI is InChI=1S/C21H25ClN2O6S/c1-13(2)20(24-31(27,28)16-8-6-15(29-4)7-9-16)21(26)30-12-19(25)23-18-10-5-14(3)11-17(18)22/h5-11,13,20,24H,12H2,1-4H3,(H,23,25)/t20-/m0/s1. The van der Waals surface area contributed by atoms with Gasteiger partial charge in [0.15, 0.2) is 6.61 Å². The number of esters is 1. The Labute approximate surface area is 186 Å². The number of ether oxygens (including phenoxy) is 2. The molecular weight excluding hydrogens is 444 g/mol. The van der Waals surface area contributed by atoms with Gasteiger partial charge in [0, 0.05) is 0 Å². The molecule has 0 unspecified atom stereocenters. The lowest BCUT2D eigenvalue weighted by Crippen LogP contribution is -2.45. The van der Waals surface area contributed by atoms with E-state index in [2.05, 4.69) is 10.0 Å². The topological polar surface area (TPSA) is 111 Å². The van der Waals surface area contributed by atoms with Crippen LogP contribution >= 0.6 is 11.6 Å². The van der Waals surface area contributed by atoms with Crippen molar-refractivity contribution >= 4 is 39.2 Å². The first-order chi connectivity index (χ1) is 14.5. The maximum absolute atomic E-state index is 12.6. The van der Waals surface area contributed by atoms with Gasteiger partial charge in [0.2, 0.25) is 10.0 Å². The van der Waals surface area contributed by atoms with Crippen LogP contribution in [0, 0.1) is 12.8 Å². The van der Waals surface area contributed by atoms with E-state index < -0.39 is 40.5 Å². The molecule has 0 aliphatic carbocycles. The largest absolute Gasteiger partial charge is 0.497 e. The number of sulfonamides is 1. The molecule has 0 spiro atoms. The molecular formula is C21H25ClN2O6S. The Kier molecular flexibility index (Phi) is 8.43. The van der Waals surface area contributed by atoms with E-state index >= 15 is 0 Å². The van der Waals surface area contributed by atoms with Gasteiger partial charge in [-0.25, -0.2) is 8.42 Å². The molecule has 2 N–H and O–H groups in total. The van der Waals surface area contributed by atoms with Crippen LogP contribution in [0.2, 0.25) is 5.02 Å². The summed E-state index contributed by atoms with van der Waals surface area (Å²) in [6.07, 6.45) is 0. The highest BCUT2D eigenvalue weighted by atomic mass is 35.5. The summed E-state index contributed by atoms with van der Waals surface area (Å²) in [6.45, 7) is 4.60. The van der Waals surface area contributed by atoms with E-state index in [4.69, 9.17) is 21.1 Å². The molecule has 2 aromatic rings. The zero-order valence-electron chi connectivity index (χ0n) is 17.6. The van der Waals surface area contributed by atoms with Crippen molar-refractivity contribution in [2.45, 2.75) is 31.7 Å². The number of nitrogens with one attached hydrogen (secondary N) is 2. The lowest BCUT2D eigenvalue weighted by atomic mass is 10.1. The van der Waals surface area contributed by atoms with Crippen molar-refractivity contribution in [3.05, 3.63) is 53.1 Å². The van der Waals surface area contributed by atoms with Crippen molar-refractivity contribution in [2.24, 2.45) is 5.92 Å². The van der Waals surface area contributed by atoms with Crippen LogP contribution in [0.3, 0.4) is 0 Å². The Hall–Kier alpha value is -2.62. The van der Waals surface area contributed by atoms with Crippen molar-refractivity contribution < 1.29 is 27.5 Å². The zero-order valence-corrected chi connectivity index (χ0v) is 19.2. The number of anilines is 1. The highest BCUT2D eigenvalue weighted by Gasteiger charge is 2.30. The van der Waals surface area contributed by atoms with Crippen molar-refractivity contribution in [2.75, 3.05) is 19.0 Å². The molecule has 0 aliphatic heterocycles. The fourth-order valence-electron chi connectivity index (χ4n) is 2.58. The summed E-state index contributed by atoms with van der Waals surface area (Å²) in [5.74, 6) is -1.38. The molecule has 0 aliphatic rings. The van der Waals surface area contributed by atoms with Crippen molar-refractivity contribution in [3.8, 4) is 5.75 Å². The number of aryl methyl sites for hydroxylation is 1. The molecule has 0 saturated carbocycles. The van der Waals surface area contributed by atoms with E-state index in [9.17, 15) is 18.0 Å². The maximum atomic E-state index is 12.6. The van der Waals surface area contributed by atoms with Crippen LogP contribution in [0.5, 0.6) is 5.75 Å². The number of carbonyl (C=O) groups is 2. The summed E-state index contributed by atoms with van der Waals surface area (Å²) < 4.78 is 37.7. The summed E-state index contributed by atoms with van der Waals surface area (Å²) >= 11 is 6.07. The van der Waals surface area contributed by atoms with E-state index in [-0.39, 0.29) is 4.90 Å². The van der Waals surface area contributed by atoms with E-state index in [0.29, 0.717) is 16.5 Å². The fourth-order valence-corrected chi connectivity index (χ4v) is 4.20. The Morgan fingerprint density at radius 3 is 2.29 bits per heavy atom. The van der Waals surface area contributed by atoms with Gasteiger partial charge in [-0.2, -0.15) is 4.72 Å². The number of halogens is 1. The number of carbonyl (C=O) groups excluding carboxylic acids is 2. The van der Waals surface area contributed by atoms with E-state index in [1.165, 1.54) is 31.4 Å². The molecule has 1 amide bonds.